The fraction of sp³-hybridized carbons (Fsp3) is 0.182. The van der Waals surface area contributed by atoms with Crippen LogP contribution in [0.2, 0.25) is 0 Å². The summed E-state index contributed by atoms with van der Waals surface area (Å²) in [6.07, 6.45) is 0. The van der Waals surface area contributed by atoms with Gasteiger partial charge in [0.25, 0.3) is 0 Å². The van der Waals surface area contributed by atoms with Gasteiger partial charge in [-0.25, -0.2) is 4.79 Å². The third kappa shape index (κ3) is 2.94. The fourth-order valence-corrected chi connectivity index (χ4v) is 0.886. The van der Waals surface area contributed by atoms with Crippen LogP contribution in [0, 0.1) is 0 Å². The lowest BCUT2D eigenvalue weighted by Gasteiger charge is -2.04. The number of nitrogens with two attached hydrogens (primary N) is 1. The highest BCUT2D eigenvalue weighted by atomic mass is 16.5. The molecule has 0 aromatic heterocycles. The Morgan fingerprint density at radius 3 is 2.50 bits per heavy atom. The molecule has 0 aliphatic carbocycles. The smallest absolute Gasteiger partial charge is 0.333 e. The molecule has 0 aliphatic rings. The van der Waals surface area contributed by atoms with Crippen molar-refractivity contribution in [3.8, 4) is 0 Å². The average molecular weight is 191 g/mol. The van der Waals surface area contributed by atoms with Gasteiger partial charge in [0.2, 0.25) is 0 Å². The van der Waals surface area contributed by atoms with Crippen LogP contribution in [-0.4, -0.2) is 5.97 Å². The molecule has 0 fully saturated rings. The predicted octanol–water partition coefficient (Wildman–Crippen LogP) is 1.89. The molecule has 0 aliphatic heterocycles. The predicted molar refractivity (Wildman–Crippen MR) is 55.5 cm³/mol. The van der Waals surface area contributed by atoms with E-state index in [2.05, 4.69) is 6.58 Å². The van der Waals surface area contributed by atoms with E-state index in [0.29, 0.717) is 11.3 Å². The molecule has 0 atom stereocenters. The van der Waals surface area contributed by atoms with Crippen LogP contribution in [0.5, 0.6) is 0 Å². The Labute approximate surface area is 83.2 Å². The van der Waals surface area contributed by atoms with Crippen molar-refractivity contribution in [1.82, 2.24) is 0 Å². The topological polar surface area (TPSA) is 52.3 Å². The van der Waals surface area contributed by atoms with E-state index in [4.69, 9.17) is 10.5 Å². The molecule has 0 saturated carbocycles. The summed E-state index contributed by atoms with van der Waals surface area (Å²) < 4.78 is 4.95. The first-order valence-corrected chi connectivity index (χ1v) is 4.26. The van der Waals surface area contributed by atoms with E-state index in [1.54, 1.807) is 19.1 Å². The first-order valence-electron chi connectivity index (χ1n) is 4.26. The Bertz CT molecular complexity index is 341. The first-order chi connectivity index (χ1) is 6.59. The Morgan fingerprint density at radius 2 is 2.00 bits per heavy atom. The fourth-order valence-electron chi connectivity index (χ4n) is 0.886. The number of carbonyl (C=O) groups is 1. The molecule has 0 unspecified atom stereocenters. The summed E-state index contributed by atoms with van der Waals surface area (Å²) in [7, 11) is 0. The zero-order chi connectivity index (χ0) is 10.6. The van der Waals surface area contributed by atoms with Crippen LogP contribution in [0.25, 0.3) is 0 Å². The lowest BCUT2D eigenvalue weighted by atomic mass is 10.2. The number of anilines is 1. The molecule has 0 radical (unpaired) electrons. The summed E-state index contributed by atoms with van der Waals surface area (Å²) in [5.41, 5.74) is 7.52. The molecule has 74 valence electrons. The zero-order valence-corrected chi connectivity index (χ0v) is 8.12. The van der Waals surface area contributed by atoms with Crippen molar-refractivity contribution >= 4 is 11.7 Å². The van der Waals surface area contributed by atoms with Crippen LogP contribution in [-0.2, 0) is 16.1 Å². The summed E-state index contributed by atoms with van der Waals surface area (Å²) >= 11 is 0. The van der Waals surface area contributed by atoms with Gasteiger partial charge in [-0.15, -0.1) is 0 Å². The molecule has 1 rings (SSSR count). The molecule has 0 saturated heterocycles. The normalized spacial score (nSPS) is 9.50. The van der Waals surface area contributed by atoms with E-state index >= 15 is 0 Å². The third-order valence-corrected chi connectivity index (χ3v) is 1.70. The number of rotatable bonds is 3. The van der Waals surface area contributed by atoms with Crippen molar-refractivity contribution in [2.24, 2.45) is 0 Å². The largest absolute Gasteiger partial charge is 0.457 e. The molecular weight excluding hydrogens is 178 g/mol. The summed E-state index contributed by atoms with van der Waals surface area (Å²) in [5, 5.41) is 0. The Kier molecular flexibility index (Phi) is 3.29. The van der Waals surface area contributed by atoms with Crippen LogP contribution in [0.1, 0.15) is 12.5 Å². The zero-order valence-electron chi connectivity index (χ0n) is 8.12. The Hall–Kier alpha value is -1.77. The summed E-state index contributed by atoms with van der Waals surface area (Å²) in [6, 6.07) is 7.18. The van der Waals surface area contributed by atoms with Crippen molar-refractivity contribution < 1.29 is 9.53 Å². The highest BCUT2D eigenvalue weighted by molar-refractivity contribution is 5.86. The highest BCUT2D eigenvalue weighted by Gasteiger charge is 2.02. The Morgan fingerprint density at radius 1 is 1.43 bits per heavy atom. The van der Waals surface area contributed by atoms with Crippen LogP contribution < -0.4 is 5.73 Å². The second kappa shape index (κ2) is 4.46. The summed E-state index contributed by atoms with van der Waals surface area (Å²) in [5.74, 6) is -0.373. The molecule has 0 amide bonds. The summed E-state index contributed by atoms with van der Waals surface area (Å²) in [6.45, 7) is 5.36. The van der Waals surface area contributed by atoms with E-state index in [1.807, 2.05) is 12.1 Å². The third-order valence-electron chi connectivity index (χ3n) is 1.70. The quantitative estimate of drug-likeness (QED) is 0.451. The number of carbonyl (C=O) groups excluding carboxylic acids is 1. The lowest BCUT2D eigenvalue weighted by molar-refractivity contribution is -0.140. The van der Waals surface area contributed by atoms with Crippen molar-refractivity contribution in [1.29, 1.82) is 0 Å². The minimum Gasteiger partial charge on any atom is -0.457 e. The van der Waals surface area contributed by atoms with E-state index in [9.17, 15) is 4.79 Å². The van der Waals surface area contributed by atoms with Crippen LogP contribution in [0.15, 0.2) is 36.4 Å². The highest BCUT2D eigenvalue weighted by Crippen LogP contribution is 2.07. The maximum Gasteiger partial charge on any atom is 0.333 e. The van der Waals surface area contributed by atoms with Crippen LogP contribution >= 0.6 is 0 Å². The number of benzene rings is 1. The first kappa shape index (κ1) is 10.3. The molecule has 14 heavy (non-hydrogen) atoms. The minimum atomic E-state index is -0.373. The molecule has 0 spiro atoms. The average Bonchev–Trinajstić information content (AvgIpc) is 2.16. The molecule has 1 aromatic rings. The van der Waals surface area contributed by atoms with Gasteiger partial charge >= 0.3 is 5.97 Å². The van der Waals surface area contributed by atoms with Crippen molar-refractivity contribution in [2.45, 2.75) is 13.5 Å². The number of nitrogen functional groups attached to an aromatic ring is 1. The Balaban J connectivity index is 2.50. The second-order valence-electron chi connectivity index (χ2n) is 3.10. The van der Waals surface area contributed by atoms with E-state index in [0.717, 1.165) is 5.56 Å². The molecule has 3 nitrogen and oxygen atoms in total. The summed E-state index contributed by atoms with van der Waals surface area (Å²) in [4.78, 5) is 11.0. The van der Waals surface area contributed by atoms with Gasteiger partial charge < -0.3 is 10.5 Å². The number of ether oxygens (including phenoxy) is 1. The van der Waals surface area contributed by atoms with Gasteiger partial charge in [0.05, 0.1) is 0 Å². The van der Waals surface area contributed by atoms with E-state index in [-0.39, 0.29) is 12.6 Å². The van der Waals surface area contributed by atoms with Gasteiger partial charge in [0.1, 0.15) is 6.61 Å². The van der Waals surface area contributed by atoms with Crippen molar-refractivity contribution in [3.63, 3.8) is 0 Å². The monoisotopic (exact) mass is 191 g/mol. The van der Waals surface area contributed by atoms with Gasteiger partial charge in [0.15, 0.2) is 0 Å². The lowest BCUT2D eigenvalue weighted by Crippen LogP contribution is -2.04. The standard InChI is InChI=1S/C11H13NO2/c1-8(2)11(13)14-7-9-3-5-10(12)6-4-9/h3-6H,1,7,12H2,2H3. The minimum absolute atomic E-state index is 0.256. The molecule has 0 bridgehead atoms. The van der Waals surface area contributed by atoms with Crippen LogP contribution in [0.3, 0.4) is 0 Å². The maximum absolute atomic E-state index is 11.0. The molecule has 2 N–H and O–H groups in total. The molecule has 3 heteroatoms. The molecular formula is C11H13NO2. The van der Waals surface area contributed by atoms with Gasteiger partial charge in [-0.2, -0.15) is 0 Å². The number of hydrogen-bond donors (Lipinski definition) is 1. The van der Waals surface area contributed by atoms with Crippen molar-refractivity contribution in [3.05, 3.63) is 42.0 Å². The molecule has 1 aromatic carbocycles. The van der Waals surface area contributed by atoms with E-state index in [1.165, 1.54) is 0 Å². The second-order valence-corrected chi connectivity index (χ2v) is 3.10. The van der Waals surface area contributed by atoms with E-state index < -0.39 is 0 Å². The SMILES string of the molecule is C=C(C)C(=O)OCc1ccc(N)cc1. The maximum atomic E-state index is 11.0. The van der Waals surface area contributed by atoms with Gasteiger partial charge in [-0.1, -0.05) is 18.7 Å². The molecule has 0 heterocycles. The van der Waals surface area contributed by atoms with Gasteiger partial charge in [-0.3, -0.25) is 0 Å². The number of esters is 1. The van der Waals surface area contributed by atoms with Gasteiger partial charge in [-0.05, 0) is 24.6 Å². The van der Waals surface area contributed by atoms with Crippen LogP contribution in [0.4, 0.5) is 5.69 Å². The number of hydrogen-bond acceptors (Lipinski definition) is 3. The van der Waals surface area contributed by atoms with Crippen molar-refractivity contribution in [2.75, 3.05) is 5.73 Å². The van der Waals surface area contributed by atoms with Gasteiger partial charge in [0, 0.05) is 11.3 Å².